The van der Waals surface area contributed by atoms with Crippen LogP contribution in [0.4, 0.5) is 0 Å². The van der Waals surface area contributed by atoms with Gasteiger partial charge in [-0.05, 0) is 37.6 Å². The van der Waals surface area contributed by atoms with Crippen molar-refractivity contribution in [2.45, 2.75) is 71.3 Å². The summed E-state index contributed by atoms with van der Waals surface area (Å²) in [7, 11) is 0. The molecule has 0 radical (unpaired) electrons. The summed E-state index contributed by atoms with van der Waals surface area (Å²) in [6.07, 6.45) is 9.08. The van der Waals surface area contributed by atoms with Crippen LogP contribution in [0.1, 0.15) is 64.2 Å². The van der Waals surface area contributed by atoms with Gasteiger partial charge in [-0.15, -0.1) is 11.3 Å². The first-order chi connectivity index (χ1) is 8.70. The summed E-state index contributed by atoms with van der Waals surface area (Å²) in [5.74, 6) is 0. The molecule has 0 aliphatic heterocycles. The van der Waals surface area contributed by atoms with Gasteiger partial charge < -0.3 is 5.32 Å². The van der Waals surface area contributed by atoms with Crippen LogP contribution in [-0.4, -0.2) is 12.1 Å². The van der Waals surface area contributed by atoms with Crippen molar-refractivity contribution in [1.29, 1.82) is 0 Å². The number of rotatable bonds is 10. The lowest BCUT2D eigenvalue weighted by Crippen LogP contribution is -2.43. The Hall–Kier alpha value is -0.340. The second-order valence-electron chi connectivity index (χ2n) is 5.52. The van der Waals surface area contributed by atoms with E-state index in [-0.39, 0.29) is 0 Å². The van der Waals surface area contributed by atoms with Gasteiger partial charge >= 0.3 is 0 Å². The predicted octanol–water partition coefficient (Wildman–Crippen LogP) is 5.02. The van der Waals surface area contributed by atoms with E-state index in [2.05, 4.69) is 43.6 Å². The van der Waals surface area contributed by atoms with Gasteiger partial charge in [0, 0.05) is 17.0 Å². The largest absolute Gasteiger partial charge is 0.311 e. The minimum Gasteiger partial charge on any atom is -0.311 e. The second kappa shape index (κ2) is 8.71. The van der Waals surface area contributed by atoms with Crippen molar-refractivity contribution < 1.29 is 0 Å². The zero-order chi connectivity index (χ0) is 13.3. The van der Waals surface area contributed by atoms with Gasteiger partial charge in [-0.25, -0.2) is 0 Å². The molecule has 0 amide bonds. The molecule has 1 N–H and O–H groups in total. The molecule has 1 rings (SSSR count). The molecule has 0 saturated heterocycles. The fourth-order valence-electron chi connectivity index (χ4n) is 2.38. The summed E-state index contributed by atoms with van der Waals surface area (Å²) in [6.45, 7) is 8.09. The van der Waals surface area contributed by atoms with Gasteiger partial charge in [0.1, 0.15) is 0 Å². The molecule has 0 spiro atoms. The summed E-state index contributed by atoms with van der Waals surface area (Å²) in [6, 6.07) is 4.38. The van der Waals surface area contributed by atoms with E-state index in [0.717, 1.165) is 6.54 Å². The molecule has 0 bridgehead atoms. The van der Waals surface area contributed by atoms with Gasteiger partial charge in [0.15, 0.2) is 0 Å². The molecule has 2 heteroatoms. The highest BCUT2D eigenvalue weighted by Gasteiger charge is 2.21. The Labute approximate surface area is 117 Å². The number of hydrogen-bond donors (Lipinski definition) is 1. The van der Waals surface area contributed by atoms with E-state index < -0.39 is 0 Å². The highest BCUT2D eigenvalue weighted by Crippen LogP contribution is 2.21. The van der Waals surface area contributed by atoms with Crippen LogP contribution in [0.3, 0.4) is 0 Å². The molecule has 0 fully saturated rings. The zero-order valence-electron chi connectivity index (χ0n) is 12.3. The van der Waals surface area contributed by atoms with Crippen molar-refractivity contribution in [3.8, 4) is 0 Å². The van der Waals surface area contributed by atoms with E-state index in [1.165, 1.54) is 49.8 Å². The fourth-order valence-corrected chi connectivity index (χ4v) is 3.09. The van der Waals surface area contributed by atoms with E-state index in [4.69, 9.17) is 0 Å². The smallest absolute Gasteiger partial charge is 0.0153 e. The molecule has 0 unspecified atom stereocenters. The van der Waals surface area contributed by atoms with Crippen molar-refractivity contribution in [1.82, 2.24) is 5.32 Å². The molecule has 104 valence electrons. The Kier molecular flexibility index (Phi) is 7.60. The van der Waals surface area contributed by atoms with Crippen molar-refractivity contribution >= 4 is 11.3 Å². The second-order valence-corrected chi connectivity index (χ2v) is 6.56. The van der Waals surface area contributed by atoms with E-state index in [1.807, 2.05) is 11.3 Å². The van der Waals surface area contributed by atoms with Crippen LogP contribution in [0.15, 0.2) is 17.5 Å². The average Bonchev–Trinajstić information content (AvgIpc) is 2.87. The molecule has 18 heavy (non-hydrogen) atoms. The lowest BCUT2D eigenvalue weighted by atomic mass is 9.89. The normalized spacial score (nSPS) is 11.9. The van der Waals surface area contributed by atoms with Crippen molar-refractivity contribution in [2.24, 2.45) is 0 Å². The fraction of sp³-hybridized carbons (Fsp3) is 0.750. The topological polar surface area (TPSA) is 12.0 Å². The molecule has 0 saturated carbocycles. The third-order valence-electron chi connectivity index (χ3n) is 3.67. The highest BCUT2D eigenvalue weighted by atomic mass is 32.1. The first-order valence-corrected chi connectivity index (χ1v) is 8.35. The molecule has 1 aromatic rings. The Balaban J connectivity index is 2.34. The van der Waals surface area contributed by atoms with Crippen molar-refractivity contribution in [2.75, 3.05) is 6.54 Å². The van der Waals surface area contributed by atoms with Crippen LogP contribution in [-0.2, 0) is 6.42 Å². The lowest BCUT2D eigenvalue weighted by Gasteiger charge is -2.31. The quantitative estimate of drug-likeness (QED) is 0.627. The molecular formula is C16H29NS. The van der Waals surface area contributed by atoms with Gasteiger partial charge in [0.05, 0.1) is 0 Å². The Morgan fingerprint density at radius 1 is 1.17 bits per heavy atom. The number of unbranched alkanes of at least 4 members (excludes halogenated alkanes) is 2. The standard InChI is InChI=1S/C16H29NS/c1-4-6-11-16(3,12-7-5-2)17-13-10-15-9-8-14-18-15/h8-9,14,17H,4-7,10-13H2,1-3H3. The molecule has 0 aliphatic rings. The SMILES string of the molecule is CCCCC(C)(CCCC)NCCc1cccs1. The summed E-state index contributed by atoms with van der Waals surface area (Å²) in [4.78, 5) is 1.50. The Bertz CT molecular complexity index is 284. The zero-order valence-corrected chi connectivity index (χ0v) is 13.1. The van der Waals surface area contributed by atoms with Gasteiger partial charge in [-0.2, -0.15) is 0 Å². The van der Waals surface area contributed by atoms with Crippen LogP contribution in [0.25, 0.3) is 0 Å². The maximum absolute atomic E-state index is 3.81. The Morgan fingerprint density at radius 3 is 2.33 bits per heavy atom. The van der Waals surface area contributed by atoms with E-state index in [1.54, 1.807) is 0 Å². The van der Waals surface area contributed by atoms with Gasteiger partial charge in [-0.3, -0.25) is 0 Å². The van der Waals surface area contributed by atoms with Crippen LogP contribution >= 0.6 is 11.3 Å². The maximum atomic E-state index is 3.81. The number of hydrogen-bond acceptors (Lipinski definition) is 2. The number of nitrogens with one attached hydrogen (secondary N) is 1. The summed E-state index contributed by atoms with van der Waals surface area (Å²) >= 11 is 1.87. The molecular weight excluding hydrogens is 238 g/mol. The molecule has 1 heterocycles. The molecule has 0 aromatic carbocycles. The van der Waals surface area contributed by atoms with Crippen LogP contribution in [0.5, 0.6) is 0 Å². The molecule has 1 aromatic heterocycles. The molecule has 0 atom stereocenters. The van der Waals surface area contributed by atoms with Crippen molar-refractivity contribution in [3.05, 3.63) is 22.4 Å². The third kappa shape index (κ3) is 6.01. The van der Waals surface area contributed by atoms with E-state index >= 15 is 0 Å². The first-order valence-electron chi connectivity index (χ1n) is 7.47. The third-order valence-corrected chi connectivity index (χ3v) is 4.60. The van der Waals surface area contributed by atoms with Gasteiger partial charge in [0.2, 0.25) is 0 Å². The predicted molar refractivity (Wildman–Crippen MR) is 83.5 cm³/mol. The van der Waals surface area contributed by atoms with Gasteiger partial charge in [0.25, 0.3) is 0 Å². The highest BCUT2D eigenvalue weighted by molar-refractivity contribution is 7.09. The lowest BCUT2D eigenvalue weighted by molar-refractivity contribution is 0.294. The van der Waals surface area contributed by atoms with Crippen LogP contribution in [0.2, 0.25) is 0 Å². The van der Waals surface area contributed by atoms with Gasteiger partial charge in [-0.1, -0.05) is 45.6 Å². The summed E-state index contributed by atoms with van der Waals surface area (Å²) < 4.78 is 0. The molecule has 0 aliphatic carbocycles. The Morgan fingerprint density at radius 2 is 1.83 bits per heavy atom. The van der Waals surface area contributed by atoms with Crippen molar-refractivity contribution in [3.63, 3.8) is 0 Å². The van der Waals surface area contributed by atoms with Crippen LogP contribution in [0, 0.1) is 0 Å². The minimum absolute atomic E-state index is 0.350. The monoisotopic (exact) mass is 267 g/mol. The van der Waals surface area contributed by atoms with E-state index in [9.17, 15) is 0 Å². The van der Waals surface area contributed by atoms with E-state index in [0.29, 0.717) is 5.54 Å². The summed E-state index contributed by atoms with van der Waals surface area (Å²) in [5, 5.41) is 5.98. The number of thiophene rings is 1. The van der Waals surface area contributed by atoms with Crippen LogP contribution < -0.4 is 5.32 Å². The minimum atomic E-state index is 0.350. The maximum Gasteiger partial charge on any atom is 0.0153 e. The summed E-state index contributed by atoms with van der Waals surface area (Å²) in [5.41, 5.74) is 0.350. The average molecular weight is 267 g/mol. The first kappa shape index (κ1) is 15.7. The molecule has 1 nitrogen and oxygen atoms in total.